The number of aryl methyl sites for hydroxylation is 12. The molecular weight excluding hydrogens is 1750 g/mol. The molecule has 0 atom stereocenters. The third-order valence-corrected chi connectivity index (χ3v) is 24.8. The fourth-order valence-corrected chi connectivity index (χ4v) is 17.8. The molecule has 5 N–H and O–H groups in total. The van der Waals surface area contributed by atoms with Gasteiger partial charge in [-0.1, -0.05) is 171 Å². The molecule has 0 aliphatic rings. The second-order valence-corrected chi connectivity index (χ2v) is 33.4. The summed E-state index contributed by atoms with van der Waals surface area (Å²) >= 11 is 0. The van der Waals surface area contributed by atoms with Crippen LogP contribution in [-0.2, 0) is 105 Å². The third kappa shape index (κ3) is 21.1. The summed E-state index contributed by atoms with van der Waals surface area (Å²) in [4.78, 5) is 101. The SMILES string of the molecule is C=C(C)n1c(=O)[nH]c2ccccc21.C=C(C)n1c(=O)n(Cc2cccc3cc(C)n(C)c23)c2ccccc21.C=CC(=O)OC.COC(=O)CCn1c(=O)n(Cc2cccc3cc(C)n(C)c23)c2ccccc21.Cc1cc2cccc(CO)c2n1C.Cc1cc2cccc(Cn3c(=O)[nH]c4ccccc43)c2n1C.Cc1cc2cccc(Cn3c(=O)n(CCC(=O)O)c4ccccc43)c2n1C.Cl.[Li+].[OH-]. The van der Waals surface area contributed by atoms with E-state index in [-0.39, 0.29) is 97.2 Å². The molecule has 28 nitrogen and oxygen atoms in total. The first kappa shape index (κ1) is 102. The zero-order valence-corrected chi connectivity index (χ0v) is 80.6. The maximum Gasteiger partial charge on any atom is 1.00 e. The molecule has 0 saturated heterocycles. The number of allylic oxidation sites excluding steroid dienone is 2. The number of aliphatic carboxylic acids is 1. The number of rotatable bonds is 18. The summed E-state index contributed by atoms with van der Waals surface area (Å²) in [5, 5.41) is 24.1. The number of nitrogens with one attached hydrogen (secondary N) is 2. The number of nitrogens with zero attached hydrogens (tertiary/aromatic N) is 13. The third-order valence-electron chi connectivity index (χ3n) is 24.8. The minimum atomic E-state index is -0.914. The maximum atomic E-state index is 13.2. The number of carbonyl (C=O) groups excluding carboxylic acids is 2. The number of hydrogen-bond acceptors (Lipinski definition) is 12. The van der Waals surface area contributed by atoms with Crippen molar-refractivity contribution in [3.63, 3.8) is 0 Å². The Balaban J connectivity index is 0.000000158. The standard InChI is InChI=1S/C22H23N3O3.C21H21N3O3.C21H21N3O.C18H17N3O.C11H13NO.C10H10N2O.C4H6O2.ClH.Li.H2O/c1-15-13-16-7-6-8-17(21(16)23(15)2)14-25-19-10-5-4-9-18(19)24(22(25)27)12-11-20(26)28-3;1-14-12-15-6-5-7-16(20(15)22(14)2)13-24-18-9-4-3-8-17(18)23(21(24)27)11-10-19(25)26;1-14(2)24-19-11-6-5-10-18(19)23(21(24)25)13-17-9-7-8-16-12-15(3)22(4)20(16)17;1-12-10-13-6-5-7-14(17(13)20(12)2)11-21-16-9-4-3-8-15(16)19-18(21)22;1-8-6-9-4-3-5-10(7-13)11(9)12(8)2;1-7(2)12-9-6-4-3-5-8(9)11-10(12)13;1-3-4(5)6-2;;;/h4-10,13H,11-12,14H2,1-3H3;3-9,12H,10-11,13H2,1-2H3,(H,25,26);5-12H,1,13H2,2-4H3;3-10H,11H2,1-2H3,(H,19,22);3-6,13H,7H2,1-2H3;3-6H,1H2,2H3,(H,11,13);3H,1H2,2H3;1H;;1H2/q;;;;;;;;+1;/p-1. The number of halogens is 1. The summed E-state index contributed by atoms with van der Waals surface area (Å²) in [7, 11) is 12.9. The second-order valence-electron chi connectivity index (χ2n) is 33.4. The molecule has 0 aliphatic carbocycles. The van der Waals surface area contributed by atoms with Crippen LogP contribution in [0.15, 0.2) is 292 Å². The minimum Gasteiger partial charge on any atom is -0.870 e. The number of imidazole rings is 5. The van der Waals surface area contributed by atoms with Gasteiger partial charge in [-0.3, -0.25) is 46.1 Å². The monoisotopic (exact) mass is 1860 g/mol. The Hall–Kier alpha value is -15.3. The minimum absolute atomic E-state index is 0. The van der Waals surface area contributed by atoms with Crippen molar-refractivity contribution in [3.8, 4) is 0 Å². The van der Waals surface area contributed by atoms with Crippen LogP contribution in [0.1, 0.15) is 83.0 Å². The average molecular weight is 1860 g/mol. The van der Waals surface area contributed by atoms with Crippen molar-refractivity contribution in [2.24, 2.45) is 35.2 Å². The van der Waals surface area contributed by atoms with Crippen LogP contribution in [0.25, 0.3) is 121 Å². The van der Waals surface area contributed by atoms with E-state index in [1.807, 2.05) is 191 Å². The second kappa shape index (κ2) is 44.2. The molecule has 137 heavy (non-hydrogen) atoms. The molecule has 0 bridgehead atoms. The summed E-state index contributed by atoms with van der Waals surface area (Å²) in [5.74, 6) is -1.63. The Bertz CT molecular complexity index is 8250. The average Bonchev–Trinajstić information content (AvgIpc) is 1.62. The van der Waals surface area contributed by atoms with Crippen molar-refractivity contribution in [2.45, 2.75) is 107 Å². The number of esters is 2. The Morgan fingerprint density at radius 1 is 0.365 bits per heavy atom. The van der Waals surface area contributed by atoms with E-state index in [4.69, 9.17) is 14.9 Å². The van der Waals surface area contributed by atoms with Crippen molar-refractivity contribution in [2.75, 3.05) is 14.2 Å². The molecule has 10 aromatic carbocycles. The Labute approximate surface area is 807 Å². The molecule has 0 amide bonds. The fourth-order valence-electron chi connectivity index (χ4n) is 17.8. The van der Waals surface area contributed by atoms with E-state index in [0.29, 0.717) is 32.7 Å². The number of benzene rings is 10. The van der Waals surface area contributed by atoms with Gasteiger partial charge in [0.1, 0.15) is 0 Å². The van der Waals surface area contributed by atoms with E-state index < -0.39 is 11.9 Å². The van der Waals surface area contributed by atoms with Gasteiger partial charge in [0.25, 0.3) is 0 Å². The predicted octanol–water partition coefficient (Wildman–Crippen LogP) is 15.1. The van der Waals surface area contributed by atoms with E-state index in [9.17, 15) is 38.4 Å². The van der Waals surface area contributed by atoms with Gasteiger partial charge in [0, 0.05) is 127 Å². The number of para-hydroxylation sites is 15. The number of carboxylic acids is 1. The number of carboxylic acid groups (broad SMARTS) is 1. The van der Waals surface area contributed by atoms with Crippen molar-refractivity contribution in [1.82, 2.24) is 69.3 Å². The van der Waals surface area contributed by atoms with Gasteiger partial charge >= 0.3 is 65.2 Å². The summed E-state index contributed by atoms with van der Waals surface area (Å²) in [6.45, 7) is 27.5. The molecular formula is C107H113ClLiN15O13. The van der Waals surface area contributed by atoms with Gasteiger partial charge in [0.05, 0.1) is 143 Å². The quantitative estimate of drug-likeness (QED) is 0.0353. The molecule has 30 heteroatoms. The molecule has 0 aliphatic heterocycles. The number of H-pyrrole nitrogens is 2. The number of methoxy groups -OCH3 is 2. The fraction of sp³-hybridized carbons (Fsp3) is 0.215. The predicted molar refractivity (Wildman–Crippen MR) is 547 cm³/mol. The van der Waals surface area contributed by atoms with E-state index in [1.54, 1.807) is 32.0 Å². The van der Waals surface area contributed by atoms with Crippen LogP contribution >= 0.6 is 12.4 Å². The molecule has 20 rings (SSSR count). The normalized spacial score (nSPS) is 10.9. The molecule has 0 saturated carbocycles. The first-order valence-corrected chi connectivity index (χ1v) is 43.9. The van der Waals surface area contributed by atoms with Gasteiger partial charge in [-0.15, -0.1) is 12.4 Å². The van der Waals surface area contributed by atoms with Crippen LogP contribution < -0.4 is 47.3 Å². The number of aromatic amines is 2. The summed E-state index contributed by atoms with van der Waals surface area (Å²) < 4.78 is 33.3. The Morgan fingerprint density at radius 2 is 0.657 bits per heavy atom. The number of fused-ring (bicyclic) bond motifs is 10. The Kier molecular flexibility index (Phi) is 33.0. The van der Waals surface area contributed by atoms with Crippen LogP contribution in [0.5, 0.6) is 0 Å². The van der Waals surface area contributed by atoms with Gasteiger partial charge in [-0.2, -0.15) is 0 Å². The summed E-state index contributed by atoms with van der Waals surface area (Å²) in [5.41, 5.74) is 26.7. The maximum absolute atomic E-state index is 13.2. The van der Waals surface area contributed by atoms with Crippen LogP contribution in [0.4, 0.5) is 0 Å². The van der Waals surface area contributed by atoms with Crippen LogP contribution in [0.2, 0.25) is 0 Å². The van der Waals surface area contributed by atoms with Crippen LogP contribution in [0.3, 0.4) is 0 Å². The molecule has 0 radical (unpaired) electrons. The molecule has 0 spiro atoms. The first-order valence-electron chi connectivity index (χ1n) is 43.9. The molecule has 10 heterocycles. The zero-order chi connectivity index (χ0) is 95.8. The number of aliphatic hydroxyl groups excluding tert-OH is 1. The van der Waals surface area contributed by atoms with Crippen LogP contribution in [-0.4, -0.2) is 117 Å². The Morgan fingerprint density at radius 3 is 0.993 bits per heavy atom. The number of carbonyl (C=O) groups is 3. The molecule has 0 fully saturated rings. The topological polar surface area (TPSA) is 321 Å². The summed E-state index contributed by atoms with van der Waals surface area (Å²) in [6.07, 6.45) is 1.19. The van der Waals surface area contributed by atoms with Crippen molar-refractivity contribution >= 4 is 151 Å². The number of aliphatic hydroxyl groups is 1. The van der Waals surface area contributed by atoms with Crippen molar-refractivity contribution in [1.29, 1.82) is 0 Å². The van der Waals surface area contributed by atoms with Gasteiger partial charge in [0.15, 0.2) is 0 Å². The van der Waals surface area contributed by atoms with Gasteiger partial charge in [0.2, 0.25) is 0 Å². The molecule has 0 unspecified atom stereocenters. The summed E-state index contributed by atoms with van der Waals surface area (Å²) in [6, 6.07) is 80.1. The first-order chi connectivity index (χ1) is 64.4. The van der Waals surface area contributed by atoms with Crippen molar-refractivity contribution < 1.29 is 58.4 Å². The number of ether oxygens (including phenoxy) is 2. The largest absolute Gasteiger partial charge is 1.00 e. The number of hydrogen-bond donors (Lipinski definition) is 4. The van der Waals surface area contributed by atoms with E-state index >= 15 is 0 Å². The molecule has 10 aromatic heterocycles. The molecule has 702 valence electrons. The van der Waals surface area contributed by atoms with Gasteiger partial charge in [-0.25, -0.2) is 28.8 Å². The van der Waals surface area contributed by atoms with Gasteiger partial charge < -0.3 is 58.0 Å². The van der Waals surface area contributed by atoms with E-state index in [2.05, 4.69) is 197 Å². The van der Waals surface area contributed by atoms with Gasteiger partial charge in [-0.05, 0) is 162 Å². The smallest absolute Gasteiger partial charge is 0.870 e. The van der Waals surface area contributed by atoms with E-state index in [0.717, 1.165) is 128 Å². The zero-order valence-electron chi connectivity index (χ0n) is 79.8. The van der Waals surface area contributed by atoms with Crippen molar-refractivity contribution in [3.05, 3.63) is 377 Å². The molecule has 20 aromatic rings. The van der Waals surface area contributed by atoms with Crippen LogP contribution in [0, 0.1) is 34.6 Å². The van der Waals surface area contributed by atoms with E-state index in [1.165, 1.54) is 69.6 Å². The number of aromatic nitrogens is 15.